The SMILES string of the molecule is Cc1cc(=O)oc2cc(OCC(=O)OCC(=O)N3N=C(c4ccc(Cl)cc4)C[C@@H]3c3ccco3)ccc12. The Morgan fingerprint density at radius 3 is 2.68 bits per heavy atom. The van der Waals surface area contributed by atoms with Gasteiger partial charge >= 0.3 is 11.6 Å². The van der Waals surface area contributed by atoms with Crippen LogP contribution in [0.3, 0.4) is 0 Å². The summed E-state index contributed by atoms with van der Waals surface area (Å²) in [5, 5.41) is 7.10. The van der Waals surface area contributed by atoms with Crippen LogP contribution in [0.2, 0.25) is 5.02 Å². The van der Waals surface area contributed by atoms with E-state index < -0.39 is 36.8 Å². The number of ether oxygens (including phenoxy) is 2. The zero-order valence-electron chi connectivity index (χ0n) is 19.7. The lowest BCUT2D eigenvalue weighted by Crippen LogP contribution is -2.32. The van der Waals surface area contributed by atoms with E-state index in [9.17, 15) is 14.4 Å². The van der Waals surface area contributed by atoms with Crippen molar-refractivity contribution in [2.24, 2.45) is 5.10 Å². The minimum Gasteiger partial charge on any atom is -0.482 e. The smallest absolute Gasteiger partial charge is 0.344 e. The number of hydrogen-bond acceptors (Lipinski definition) is 8. The normalized spacial score (nSPS) is 15.0. The Bertz CT molecular complexity index is 1540. The molecule has 1 amide bonds. The predicted octanol–water partition coefficient (Wildman–Crippen LogP) is 4.65. The summed E-state index contributed by atoms with van der Waals surface area (Å²) in [6, 6.07) is 16.5. The van der Waals surface area contributed by atoms with Gasteiger partial charge in [-0.1, -0.05) is 23.7 Å². The van der Waals surface area contributed by atoms with Crippen molar-refractivity contribution in [3.63, 3.8) is 0 Å². The van der Waals surface area contributed by atoms with Crippen LogP contribution < -0.4 is 10.4 Å². The highest BCUT2D eigenvalue weighted by molar-refractivity contribution is 6.30. The van der Waals surface area contributed by atoms with E-state index in [2.05, 4.69) is 5.10 Å². The maximum Gasteiger partial charge on any atom is 0.344 e. The highest BCUT2D eigenvalue weighted by Crippen LogP contribution is 2.33. The van der Waals surface area contributed by atoms with Gasteiger partial charge in [-0.25, -0.2) is 14.6 Å². The summed E-state index contributed by atoms with van der Waals surface area (Å²) < 4.78 is 21.3. The Balaban J connectivity index is 1.22. The van der Waals surface area contributed by atoms with Gasteiger partial charge in [0, 0.05) is 29.0 Å². The lowest BCUT2D eigenvalue weighted by atomic mass is 10.0. The molecular weight excluding hydrogens is 500 g/mol. The summed E-state index contributed by atoms with van der Waals surface area (Å²) in [5.74, 6) is -0.371. The summed E-state index contributed by atoms with van der Waals surface area (Å²) in [4.78, 5) is 36.9. The Hall–Kier alpha value is -4.37. The largest absolute Gasteiger partial charge is 0.482 e. The van der Waals surface area contributed by atoms with Crippen LogP contribution in [0.1, 0.15) is 29.3 Å². The van der Waals surface area contributed by atoms with Crippen molar-refractivity contribution in [3.8, 4) is 5.75 Å². The Labute approximate surface area is 215 Å². The van der Waals surface area contributed by atoms with Gasteiger partial charge in [0.15, 0.2) is 13.2 Å². The minimum atomic E-state index is -0.741. The lowest BCUT2D eigenvalue weighted by molar-refractivity contribution is -0.154. The molecule has 2 aromatic carbocycles. The van der Waals surface area contributed by atoms with Gasteiger partial charge in [0.05, 0.1) is 12.0 Å². The monoisotopic (exact) mass is 520 g/mol. The predicted molar refractivity (Wildman–Crippen MR) is 135 cm³/mol. The van der Waals surface area contributed by atoms with Gasteiger partial charge in [-0.3, -0.25) is 4.79 Å². The molecule has 4 aromatic rings. The summed E-state index contributed by atoms with van der Waals surface area (Å²) in [6.07, 6.45) is 1.95. The third kappa shape index (κ3) is 5.41. The number of hydrazone groups is 1. The second-order valence-electron chi connectivity index (χ2n) is 8.38. The Kier molecular flexibility index (Phi) is 6.78. The third-order valence-electron chi connectivity index (χ3n) is 5.85. The van der Waals surface area contributed by atoms with E-state index in [0.29, 0.717) is 34.2 Å². The molecule has 10 heteroatoms. The molecular formula is C27H21ClN2O7. The van der Waals surface area contributed by atoms with Crippen LogP contribution in [-0.2, 0) is 14.3 Å². The van der Waals surface area contributed by atoms with Gasteiger partial charge in [-0.15, -0.1) is 0 Å². The van der Waals surface area contributed by atoms with Crippen molar-refractivity contribution < 1.29 is 27.9 Å². The third-order valence-corrected chi connectivity index (χ3v) is 6.10. The first-order chi connectivity index (χ1) is 17.9. The molecule has 188 valence electrons. The van der Waals surface area contributed by atoms with E-state index in [4.69, 9.17) is 29.9 Å². The first-order valence-electron chi connectivity index (χ1n) is 11.4. The number of rotatable bonds is 7. The van der Waals surface area contributed by atoms with E-state index in [1.807, 2.05) is 12.1 Å². The highest BCUT2D eigenvalue weighted by Gasteiger charge is 2.35. The van der Waals surface area contributed by atoms with E-state index in [1.165, 1.54) is 23.4 Å². The van der Waals surface area contributed by atoms with Crippen LogP contribution in [0.5, 0.6) is 5.75 Å². The molecule has 1 aliphatic heterocycles. The maximum absolute atomic E-state index is 13.0. The summed E-state index contributed by atoms with van der Waals surface area (Å²) in [5.41, 5.74) is 2.14. The second-order valence-corrected chi connectivity index (χ2v) is 8.82. The first kappa shape index (κ1) is 24.3. The topological polar surface area (TPSA) is 112 Å². The molecule has 0 saturated heterocycles. The zero-order chi connectivity index (χ0) is 25.9. The van der Waals surface area contributed by atoms with Gasteiger partial charge in [0.25, 0.3) is 5.91 Å². The molecule has 1 aliphatic rings. The zero-order valence-corrected chi connectivity index (χ0v) is 20.4. The molecule has 0 radical (unpaired) electrons. The summed E-state index contributed by atoms with van der Waals surface area (Å²) >= 11 is 5.99. The van der Waals surface area contributed by atoms with Crippen molar-refractivity contribution >= 4 is 40.2 Å². The molecule has 9 nitrogen and oxygen atoms in total. The molecule has 3 heterocycles. The quantitative estimate of drug-likeness (QED) is 0.257. The number of carbonyl (C=O) groups is 2. The average Bonchev–Trinajstić information content (AvgIpc) is 3.56. The second kappa shape index (κ2) is 10.3. The summed E-state index contributed by atoms with van der Waals surface area (Å²) in [7, 11) is 0. The number of halogens is 1. The van der Waals surface area contributed by atoms with E-state index >= 15 is 0 Å². The lowest BCUT2D eigenvalue weighted by Gasteiger charge is -2.19. The van der Waals surface area contributed by atoms with Crippen molar-refractivity contribution in [2.75, 3.05) is 13.2 Å². The van der Waals surface area contributed by atoms with Crippen LogP contribution in [0.25, 0.3) is 11.0 Å². The average molecular weight is 521 g/mol. The van der Waals surface area contributed by atoms with Crippen molar-refractivity contribution in [2.45, 2.75) is 19.4 Å². The fourth-order valence-corrected chi connectivity index (χ4v) is 4.17. The number of amides is 1. The molecule has 0 spiro atoms. The van der Waals surface area contributed by atoms with Crippen LogP contribution >= 0.6 is 11.6 Å². The van der Waals surface area contributed by atoms with Crippen LogP contribution in [-0.4, -0.2) is 35.8 Å². The number of aryl methyl sites for hydroxylation is 1. The van der Waals surface area contributed by atoms with E-state index in [1.54, 1.807) is 43.3 Å². The van der Waals surface area contributed by atoms with Crippen LogP contribution in [0, 0.1) is 6.92 Å². The van der Waals surface area contributed by atoms with Gasteiger partial charge in [0.2, 0.25) is 0 Å². The fraction of sp³-hybridized carbons (Fsp3) is 0.185. The standard InChI is InChI=1S/C27H21ClN2O7/c1-16-11-26(32)37-24-12-19(8-9-20(16)24)35-15-27(33)36-14-25(31)30-22(23-3-2-10-34-23)13-21(29-30)17-4-6-18(28)7-5-17/h2-12,22H,13-15H2,1H3/t22-/m1/s1. The van der Waals surface area contributed by atoms with Crippen molar-refractivity contribution in [1.29, 1.82) is 0 Å². The number of esters is 1. The number of furan rings is 1. The van der Waals surface area contributed by atoms with Crippen molar-refractivity contribution in [1.82, 2.24) is 5.01 Å². The van der Waals surface area contributed by atoms with Gasteiger partial charge in [-0.05, 0) is 54.4 Å². The maximum atomic E-state index is 13.0. The molecule has 0 saturated carbocycles. The molecule has 0 N–H and O–H groups in total. The van der Waals surface area contributed by atoms with Gasteiger partial charge in [0.1, 0.15) is 23.1 Å². The van der Waals surface area contributed by atoms with E-state index in [-0.39, 0.29) is 0 Å². The first-order valence-corrected chi connectivity index (χ1v) is 11.8. The molecule has 0 unspecified atom stereocenters. The van der Waals surface area contributed by atoms with Crippen LogP contribution in [0.4, 0.5) is 0 Å². The number of fused-ring (bicyclic) bond motifs is 1. The Morgan fingerprint density at radius 1 is 1.11 bits per heavy atom. The van der Waals surface area contributed by atoms with Crippen LogP contribution in [0.15, 0.2) is 85.7 Å². The van der Waals surface area contributed by atoms with Crippen molar-refractivity contribution in [3.05, 3.63) is 99.3 Å². The number of hydrogen-bond donors (Lipinski definition) is 0. The number of carbonyl (C=O) groups excluding carboxylic acids is 2. The number of benzene rings is 2. The molecule has 37 heavy (non-hydrogen) atoms. The molecule has 0 bridgehead atoms. The molecule has 0 aliphatic carbocycles. The molecule has 0 fully saturated rings. The number of nitrogens with zero attached hydrogens (tertiary/aromatic N) is 2. The fourth-order valence-electron chi connectivity index (χ4n) is 4.05. The molecule has 5 rings (SSSR count). The molecule has 1 atom stereocenters. The van der Waals surface area contributed by atoms with E-state index in [0.717, 1.165) is 16.5 Å². The Morgan fingerprint density at radius 2 is 1.92 bits per heavy atom. The minimum absolute atomic E-state index is 0.319. The highest BCUT2D eigenvalue weighted by atomic mass is 35.5. The molecule has 2 aromatic heterocycles. The van der Waals surface area contributed by atoms with Gasteiger partial charge < -0.3 is 18.3 Å². The summed E-state index contributed by atoms with van der Waals surface area (Å²) in [6.45, 7) is 0.839. The van der Waals surface area contributed by atoms with Gasteiger partial charge in [-0.2, -0.15) is 5.10 Å².